The summed E-state index contributed by atoms with van der Waals surface area (Å²) in [7, 11) is 1.65. The largest absolute Gasteiger partial charge is 0.497 e. The Morgan fingerprint density at radius 2 is 1.97 bits per heavy atom. The highest BCUT2D eigenvalue weighted by molar-refractivity contribution is 7.07. The Balaban J connectivity index is 1.64. The van der Waals surface area contributed by atoms with Crippen LogP contribution in [0.1, 0.15) is 26.2 Å². The summed E-state index contributed by atoms with van der Waals surface area (Å²) in [4.78, 5) is 17.6. The minimum atomic E-state index is -0.141. The van der Waals surface area contributed by atoms with Crippen LogP contribution in [-0.4, -0.2) is 37.4 Å². The fourth-order valence-electron chi connectivity index (χ4n) is 3.55. The third-order valence-corrected chi connectivity index (χ3v) is 6.18. The zero-order chi connectivity index (χ0) is 23.0. The van der Waals surface area contributed by atoms with Crippen LogP contribution in [0, 0.1) is 0 Å². The van der Waals surface area contributed by atoms with Gasteiger partial charge in [-0.15, -0.1) is 11.3 Å². The molecule has 8 heteroatoms. The Labute approximate surface area is 197 Å². The van der Waals surface area contributed by atoms with Crippen LogP contribution in [0.2, 0.25) is 0 Å². The summed E-state index contributed by atoms with van der Waals surface area (Å²) < 4.78 is 18.7. The van der Waals surface area contributed by atoms with Gasteiger partial charge in [0, 0.05) is 30.7 Å². The Morgan fingerprint density at radius 1 is 1.15 bits per heavy atom. The summed E-state index contributed by atoms with van der Waals surface area (Å²) in [6, 6.07) is 13.6. The maximum absolute atomic E-state index is 11.8. The van der Waals surface area contributed by atoms with Crippen LogP contribution < -0.4 is 19.6 Å². The van der Waals surface area contributed by atoms with Crippen LogP contribution in [0.25, 0.3) is 11.3 Å². The number of unbranched alkanes of at least 4 members (excludes halogenated alkanes) is 1. The van der Waals surface area contributed by atoms with E-state index < -0.39 is 0 Å². The van der Waals surface area contributed by atoms with Gasteiger partial charge in [-0.05, 0) is 55.3 Å². The fourth-order valence-corrected chi connectivity index (χ4v) is 4.50. The third-order valence-electron chi connectivity index (χ3n) is 5.32. The minimum Gasteiger partial charge on any atom is -0.497 e. The number of methoxy groups -OCH3 is 1. The molecule has 0 spiro atoms. The van der Waals surface area contributed by atoms with Crippen LogP contribution in [0.15, 0.2) is 52.8 Å². The molecule has 33 heavy (non-hydrogen) atoms. The first kappa shape index (κ1) is 23.1. The summed E-state index contributed by atoms with van der Waals surface area (Å²) in [5.74, 6) is 1.35. The number of ether oxygens (including phenoxy) is 3. The van der Waals surface area contributed by atoms with Crippen LogP contribution >= 0.6 is 11.3 Å². The molecule has 1 aromatic heterocycles. The molecule has 0 saturated carbocycles. The van der Waals surface area contributed by atoms with Crippen LogP contribution in [0.3, 0.4) is 0 Å². The summed E-state index contributed by atoms with van der Waals surface area (Å²) in [5.41, 5.74) is 3.60. The lowest BCUT2D eigenvalue weighted by Gasteiger charge is -2.19. The van der Waals surface area contributed by atoms with E-state index >= 15 is 0 Å². The molecule has 0 unspecified atom stereocenters. The predicted octanol–water partition coefficient (Wildman–Crippen LogP) is 5.00. The molecule has 0 atom stereocenters. The lowest BCUT2D eigenvalue weighted by Crippen LogP contribution is -2.25. The smallest absolute Gasteiger partial charge is 0.262 e. The molecule has 1 amide bonds. The summed E-state index contributed by atoms with van der Waals surface area (Å²) in [6.45, 7) is 4.49. The second-order valence-electron chi connectivity index (χ2n) is 7.73. The van der Waals surface area contributed by atoms with E-state index in [1.54, 1.807) is 18.4 Å². The van der Waals surface area contributed by atoms with Crippen molar-refractivity contribution >= 4 is 28.6 Å². The van der Waals surface area contributed by atoms with E-state index in [1.165, 1.54) is 0 Å². The molecule has 2 heterocycles. The number of amides is 1. The number of carbonyl (C=O) groups is 1. The summed E-state index contributed by atoms with van der Waals surface area (Å²) >= 11 is 1.59. The van der Waals surface area contributed by atoms with Crippen LogP contribution in [-0.2, 0) is 16.1 Å². The molecule has 0 fully saturated rings. The molecule has 0 bridgehead atoms. The van der Waals surface area contributed by atoms with Crippen LogP contribution in [0.5, 0.6) is 11.5 Å². The van der Waals surface area contributed by atoms with Gasteiger partial charge in [-0.3, -0.25) is 4.79 Å². The van der Waals surface area contributed by atoms with Crippen molar-refractivity contribution in [3.8, 4) is 22.8 Å². The number of fused-ring (bicyclic) bond motifs is 1. The van der Waals surface area contributed by atoms with Crippen molar-refractivity contribution in [2.75, 3.05) is 32.2 Å². The average Bonchev–Trinajstić information content (AvgIpc) is 3.23. The van der Waals surface area contributed by atoms with Gasteiger partial charge in [-0.2, -0.15) is 0 Å². The molecule has 0 aliphatic carbocycles. The number of aromatic nitrogens is 1. The number of anilines is 1. The van der Waals surface area contributed by atoms with Crippen molar-refractivity contribution in [2.45, 2.75) is 32.7 Å². The Morgan fingerprint density at radius 3 is 2.76 bits per heavy atom. The third kappa shape index (κ3) is 5.83. The lowest BCUT2D eigenvalue weighted by atomic mass is 10.1. The van der Waals surface area contributed by atoms with Gasteiger partial charge in [0.15, 0.2) is 11.4 Å². The molecule has 1 N–H and O–H groups in total. The Hall–Kier alpha value is -3.10. The van der Waals surface area contributed by atoms with Crippen molar-refractivity contribution in [3.05, 3.63) is 52.6 Å². The lowest BCUT2D eigenvalue weighted by molar-refractivity contribution is -0.118. The average molecular weight is 468 g/mol. The molecule has 0 saturated heterocycles. The zero-order valence-electron chi connectivity index (χ0n) is 19.0. The zero-order valence-corrected chi connectivity index (χ0v) is 19.8. The Bertz CT molecular complexity index is 1150. The predicted molar refractivity (Wildman–Crippen MR) is 130 cm³/mol. The van der Waals surface area contributed by atoms with E-state index in [0.29, 0.717) is 18.0 Å². The first-order valence-electron chi connectivity index (χ1n) is 11.2. The quantitative estimate of drug-likeness (QED) is 0.426. The first-order chi connectivity index (χ1) is 16.2. The van der Waals surface area contributed by atoms with Gasteiger partial charge in [0.1, 0.15) is 11.5 Å². The Kier molecular flexibility index (Phi) is 7.80. The number of hydrogen-bond acceptors (Lipinski definition) is 6. The van der Waals surface area contributed by atoms with Gasteiger partial charge in [0.2, 0.25) is 0 Å². The number of nitrogens with one attached hydrogen (secondary N) is 1. The number of nitrogens with zero attached hydrogens (tertiary/aromatic N) is 2. The van der Waals surface area contributed by atoms with Gasteiger partial charge in [-0.25, -0.2) is 4.99 Å². The first-order valence-corrected chi connectivity index (χ1v) is 12.1. The molecule has 174 valence electrons. The number of rotatable bonds is 10. The van der Waals surface area contributed by atoms with E-state index in [2.05, 4.69) is 22.2 Å². The van der Waals surface area contributed by atoms with Crippen molar-refractivity contribution < 1.29 is 19.0 Å². The van der Waals surface area contributed by atoms with Crippen LogP contribution in [0.4, 0.5) is 11.4 Å². The monoisotopic (exact) mass is 467 g/mol. The second-order valence-corrected chi connectivity index (χ2v) is 8.57. The van der Waals surface area contributed by atoms with E-state index in [1.807, 2.05) is 42.5 Å². The van der Waals surface area contributed by atoms with Crippen molar-refractivity contribution in [1.29, 1.82) is 0 Å². The number of thiazole rings is 1. The normalized spacial score (nSPS) is 13.4. The molecule has 1 aliphatic rings. The molecule has 7 nitrogen and oxygen atoms in total. The SMILES string of the molecule is CCCCOCCCn1c(-c2ccc3c(c2)NC(=O)CO3)csc1=Nc1ccc(OC)cc1. The molecule has 2 aromatic carbocycles. The van der Waals surface area contributed by atoms with Gasteiger partial charge >= 0.3 is 0 Å². The summed E-state index contributed by atoms with van der Waals surface area (Å²) in [6.07, 6.45) is 3.10. The maximum atomic E-state index is 11.8. The molecule has 1 aliphatic heterocycles. The van der Waals surface area contributed by atoms with E-state index in [0.717, 1.165) is 59.9 Å². The van der Waals surface area contributed by atoms with Crippen molar-refractivity contribution in [2.24, 2.45) is 4.99 Å². The molecular formula is C25H29N3O4S. The molecule has 3 aromatic rings. The van der Waals surface area contributed by atoms with E-state index in [-0.39, 0.29) is 12.5 Å². The summed E-state index contributed by atoms with van der Waals surface area (Å²) in [5, 5.41) is 5.00. The second kappa shape index (κ2) is 11.2. The van der Waals surface area contributed by atoms with E-state index in [9.17, 15) is 4.79 Å². The van der Waals surface area contributed by atoms with Gasteiger partial charge in [0.05, 0.1) is 24.2 Å². The molecule has 0 radical (unpaired) electrons. The molecule has 4 rings (SSSR count). The minimum absolute atomic E-state index is 0.0493. The highest BCUT2D eigenvalue weighted by Gasteiger charge is 2.18. The molecular weight excluding hydrogens is 438 g/mol. The fraction of sp³-hybridized carbons (Fsp3) is 0.360. The number of carbonyl (C=O) groups excluding carboxylic acids is 1. The van der Waals surface area contributed by atoms with Gasteiger partial charge < -0.3 is 24.1 Å². The topological polar surface area (TPSA) is 74.1 Å². The number of benzene rings is 2. The van der Waals surface area contributed by atoms with Gasteiger partial charge in [-0.1, -0.05) is 13.3 Å². The maximum Gasteiger partial charge on any atom is 0.262 e. The number of hydrogen-bond donors (Lipinski definition) is 1. The highest BCUT2D eigenvalue weighted by atomic mass is 32.1. The van der Waals surface area contributed by atoms with Crippen molar-refractivity contribution in [1.82, 2.24) is 4.57 Å². The standard InChI is InChI=1S/C25H29N3O4S/c1-3-4-13-31-14-5-12-28-22(18-6-11-23-21(15-18)27-24(29)16-32-23)17-33-25(28)26-19-7-9-20(30-2)10-8-19/h6-11,15,17H,3-5,12-14,16H2,1-2H3,(H,27,29). The van der Waals surface area contributed by atoms with Gasteiger partial charge in [0.25, 0.3) is 5.91 Å². The van der Waals surface area contributed by atoms with E-state index in [4.69, 9.17) is 19.2 Å². The highest BCUT2D eigenvalue weighted by Crippen LogP contribution is 2.33. The van der Waals surface area contributed by atoms with Crippen molar-refractivity contribution in [3.63, 3.8) is 0 Å².